The van der Waals surface area contributed by atoms with E-state index in [-0.39, 0.29) is 22.2 Å². The van der Waals surface area contributed by atoms with Crippen LogP contribution in [0.4, 0.5) is 0 Å². The monoisotopic (exact) mass is 306 g/mol. The Morgan fingerprint density at radius 2 is 1.76 bits per heavy atom. The zero-order chi connectivity index (χ0) is 15.1. The summed E-state index contributed by atoms with van der Waals surface area (Å²) >= 11 is 0. The second kappa shape index (κ2) is 5.56. The maximum absolute atomic E-state index is 12.9. The molecule has 0 radical (unpaired) electrons. The van der Waals surface area contributed by atoms with E-state index in [1.807, 2.05) is 26.0 Å². The number of fused-ring (bicyclic) bond motifs is 2. The summed E-state index contributed by atoms with van der Waals surface area (Å²) in [5, 5.41) is 0.495. The van der Waals surface area contributed by atoms with Gasteiger partial charge in [-0.25, -0.2) is 0 Å². The topological polar surface area (TPSA) is 43.4 Å². The molecule has 2 atom stereocenters. The van der Waals surface area contributed by atoms with Gasteiger partial charge in [-0.2, -0.15) is 0 Å². The van der Waals surface area contributed by atoms with Crippen LogP contribution in [0.5, 0.6) is 5.75 Å². The molecular weight excluding hydrogens is 284 g/mol. The Hall–Kier alpha value is -1.16. The zero-order valence-electron chi connectivity index (χ0n) is 12.8. The Morgan fingerprint density at radius 3 is 2.33 bits per heavy atom. The van der Waals surface area contributed by atoms with Gasteiger partial charge >= 0.3 is 0 Å². The van der Waals surface area contributed by atoms with Gasteiger partial charge in [0, 0.05) is 32.8 Å². The van der Waals surface area contributed by atoms with Gasteiger partial charge in [0.25, 0.3) is 0 Å². The number of benzene rings is 1. The number of aryl methyl sites for hydroxylation is 2. The highest BCUT2D eigenvalue weighted by Crippen LogP contribution is 2.40. The Morgan fingerprint density at radius 1 is 1.14 bits per heavy atom. The van der Waals surface area contributed by atoms with Crippen LogP contribution < -0.4 is 4.74 Å². The molecule has 0 aliphatic carbocycles. The average molecular weight is 306 g/mol. The number of hydrogen-bond acceptors (Lipinski definition) is 3. The summed E-state index contributed by atoms with van der Waals surface area (Å²) in [4.78, 5) is 12.9. The van der Waals surface area contributed by atoms with E-state index < -0.39 is 10.8 Å². The standard InChI is InChI=1S/C17H22O3S/c1-10-7-16(20-3)11(2)6-15(10)17(18)12-8-13-4-5-14(9-12)21(13)19/h6-7,12-14H,4-5,8-9H2,1-3H3. The minimum Gasteiger partial charge on any atom is -0.496 e. The number of rotatable bonds is 3. The molecule has 2 aliphatic heterocycles. The molecule has 4 heteroatoms. The average Bonchev–Trinajstić information content (AvgIpc) is 2.69. The first kappa shape index (κ1) is 14.8. The molecule has 3 nitrogen and oxygen atoms in total. The van der Waals surface area contributed by atoms with Gasteiger partial charge in [-0.05, 0) is 62.8 Å². The molecule has 2 heterocycles. The number of hydrogen-bond donors (Lipinski definition) is 0. The highest BCUT2D eigenvalue weighted by atomic mass is 32.2. The van der Waals surface area contributed by atoms with Gasteiger partial charge in [0.15, 0.2) is 5.78 Å². The number of carbonyl (C=O) groups excluding carboxylic acids is 1. The summed E-state index contributed by atoms with van der Waals surface area (Å²) in [6, 6.07) is 3.89. The molecule has 1 aromatic rings. The van der Waals surface area contributed by atoms with Crippen molar-refractivity contribution in [1.82, 2.24) is 0 Å². The van der Waals surface area contributed by atoms with Crippen molar-refractivity contribution in [3.63, 3.8) is 0 Å². The molecule has 21 heavy (non-hydrogen) atoms. The summed E-state index contributed by atoms with van der Waals surface area (Å²) < 4.78 is 17.4. The van der Waals surface area contributed by atoms with Gasteiger partial charge in [-0.3, -0.25) is 9.00 Å². The fourth-order valence-electron chi connectivity index (χ4n) is 3.74. The molecule has 2 bridgehead atoms. The van der Waals surface area contributed by atoms with Gasteiger partial charge in [0.05, 0.1) is 7.11 Å². The van der Waals surface area contributed by atoms with Crippen LogP contribution >= 0.6 is 0 Å². The lowest BCUT2D eigenvalue weighted by Crippen LogP contribution is -2.32. The first-order valence-corrected chi connectivity index (χ1v) is 8.87. The van der Waals surface area contributed by atoms with Crippen molar-refractivity contribution in [3.05, 3.63) is 28.8 Å². The predicted molar refractivity (Wildman–Crippen MR) is 84.5 cm³/mol. The van der Waals surface area contributed by atoms with Crippen molar-refractivity contribution in [2.75, 3.05) is 7.11 Å². The van der Waals surface area contributed by atoms with E-state index in [2.05, 4.69) is 0 Å². The lowest BCUT2D eigenvalue weighted by Gasteiger charge is -2.27. The lowest BCUT2D eigenvalue weighted by atomic mass is 9.88. The van der Waals surface area contributed by atoms with Crippen LogP contribution in [-0.2, 0) is 10.8 Å². The second-order valence-electron chi connectivity index (χ2n) is 6.32. The van der Waals surface area contributed by atoms with Crippen molar-refractivity contribution < 1.29 is 13.7 Å². The summed E-state index contributed by atoms with van der Waals surface area (Å²) in [5.74, 6) is 1.10. The fraction of sp³-hybridized carbons (Fsp3) is 0.588. The molecule has 0 aromatic heterocycles. The molecule has 0 amide bonds. The number of ketones is 1. The van der Waals surface area contributed by atoms with Gasteiger partial charge in [-0.1, -0.05) is 0 Å². The molecule has 1 aromatic carbocycles. The van der Waals surface area contributed by atoms with Crippen molar-refractivity contribution in [3.8, 4) is 5.75 Å². The molecule has 2 saturated heterocycles. The van der Waals surface area contributed by atoms with Crippen LogP contribution in [0.3, 0.4) is 0 Å². The Balaban J connectivity index is 1.86. The quantitative estimate of drug-likeness (QED) is 0.806. The molecule has 0 saturated carbocycles. The van der Waals surface area contributed by atoms with Crippen molar-refractivity contribution in [2.45, 2.75) is 50.0 Å². The van der Waals surface area contributed by atoms with Crippen LogP contribution in [0.1, 0.15) is 47.2 Å². The molecular formula is C17H22O3S. The van der Waals surface area contributed by atoms with Crippen LogP contribution in [0.2, 0.25) is 0 Å². The number of carbonyl (C=O) groups is 1. The largest absolute Gasteiger partial charge is 0.496 e. The third kappa shape index (κ3) is 2.54. The van der Waals surface area contributed by atoms with Crippen molar-refractivity contribution in [2.24, 2.45) is 5.92 Å². The van der Waals surface area contributed by atoms with Gasteiger partial charge in [0.1, 0.15) is 5.75 Å². The molecule has 2 unspecified atom stereocenters. The maximum atomic E-state index is 12.9. The normalized spacial score (nSPS) is 31.2. The summed E-state index contributed by atoms with van der Waals surface area (Å²) in [5.41, 5.74) is 2.78. The van der Waals surface area contributed by atoms with E-state index >= 15 is 0 Å². The minimum absolute atomic E-state index is 0.0479. The van der Waals surface area contributed by atoms with E-state index in [4.69, 9.17) is 4.74 Å². The molecule has 0 N–H and O–H groups in total. The van der Waals surface area contributed by atoms with Gasteiger partial charge in [-0.15, -0.1) is 0 Å². The Kier molecular flexibility index (Phi) is 3.91. The first-order valence-electron chi connectivity index (χ1n) is 7.60. The van der Waals surface area contributed by atoms with E-state index in [1.54, 1.807) is 7.11 Å². The molecule has 2 fully saturated rings. The summed E-state index contributed by atoms with van der Waals surface area (Å²) in [6.07, 6.45) is 3.66. The summed E-state index contributed by atoms with van der Waals surface area (Å²) in [6.45, 7) is 3.93. The van der Waals surface area contributed by atoms with Crippen LogP contribution in [0.15, 0.2) is 12.1 Å². The third-order valence-electron chi connectivity index (χ3n) is 4.94. The van der Waals surface area contributed by atoms with Crippen molar-refractivity contribution in [1.29, 1.82) is 0 Å². The van der Waals surface area contributed by atoms with E-state index in [9.17, 15) is 9.00 Å². The third-order valence-corrected chi connectivity index (χ3v) is 7.11. The lowest BCUT2D eigenvalue weighted by molar-refractivity contribution is 0.0905. The Labute approximate surface area is 128 Å². The van der Waals surface area contributed by atoms with E-state index in [0.717, 1.165) is 48.1 Å². The smallest absolute Gasteiger partial charge is 0.166 e. The van der Waals surface area contributed by atoms with Crippen molar-refractivity contribution >= 4 is 16.6 Å². The number of methoxy groups -OCH3 is 1. The van der Waals surface area contributed by atoms with Crippen LogP contribution in [0.25, 0.3) is 0 Å². The van der Waals surface area contributed by atoms with Gasteiger partial charge in [0.2, 0.25) is 0 Å². The second-order valence-corrected chi connectivity index (χ2v) is 8.31. The van der Waals surface area contributed by atoms with E-state index in [0.29, 0.717) is 0 Å². The zero-order valence-corrected chi connectivity index (χ0v) is 13.7. The number of Topliss-reactive ketones (excluding diaryl/α,β-unsaturated/α-hetero) is 1. The predicted octanol–water partition coefficient (Wildman–Crippen LogP) is 3.18. The highest BCUT2D eigenvalue weighted by Gasteiger charge is 2.43. The van der Waals surface area contributed by atoms with E-state index in [1.165, 1.54) is 0 Å². The summed E-state index contributed by atoms with van der Waals surface area (Å²) in [7, 11) is 0.951. The Bertz CT molecular complexity index is 592. The number of ether oxygens (including phenoxy) is 1. The fourth-order valence-corrected chi connectivity index (χ4v) is 5.87. The molecule has 3 rings (SSSR count). The highest BCUT2D eigenvalue weighted by molar-refractivity contribution is 7.86. The van der Waals surface area contributed by atoms with Crippen LogP contribution in [0, 0.1) is 19.8 Å². The molecule has 2 aliphatic rings. The molecule has 0 spiro atoms. The maximum Gasteiger partial charge on any atom is 0.166 e. The molecule has 114 valence electrons. The first-order chi connectivity index (χ1) is 10.0. The van der Waals surface area contributed by atoms with Crippen LogP contribution in [-0.4, -0.2) is 27.6 Å². The minimum atomic E-state index is -0.699. The SMILES string of the molecule is COc1cc(C)c(C(=O)C2CC3CCC(C2)S3=O)cc1C. The van der Waals surface area contributed by atoms with Gasteiger partial charge < -0.3 is 4.74 Å².